The van der Waals surface area contributed by atoms with Crippen LogP contribution >= 0.6 is 0 Å². The van der Waals surface area contributed by atoms with Gasteiger partial charge >= 0.3 is 0 Å². The molecular weight excluding hydrogens is 352 g/mol. The first-order chi connectivity index (χ1) is 13.6. The van der Waals surface area contributed by atoms with Crippen LogP contribution in [0.3, 0.4) is 0 Å². The van der Waals surface area contributed by atoms with Crippen LogP contribution in [0.5, 0.6) is 5.75 Å². The number of methoxy groups -OCH3 is 1. The highest BCUT2D eigenvalue weighted by atomic mass is 16.5. The van der Waals surface area contributed by atoms with E-state index in [0.29, 0.717) is 18.0 Å². The number of nitrogens with zero attached hydrogens (tertiary/aromatic N) is 2. The molecule has 1 heterocycles. The largest absolute Gasteiger partial charge is 0.497 e. The summed E-state index contributed by atoms with van der Waals surface area (Å²) in [5, 5.41) is 3.40. The number of nitrogens with one attached hydrogen (secondary N) is 1. The SMILES string of the molecule is CCNC(=NCc1ccc(C(N)=O)cc1)N1CCC(c2ccc(OC)cc2)C1. The molecule has 0 aromatic heterocycles. The molecule has 1 unspecified atom stereocenters. The molecule has 28 heavy (non-hydrogen) atoms. The van der Waals surface area contributed by atoms with Crippen molar-refractivity contribution in [3.63, 3.8) is 0 Å². The highest BCUT2D eigenvalue weighted by Crippen LogP contribution is 2.28. The van der Waals surface area contributed by atoms with Gasteiger partial charge in [0.1, 0.15) is 5.75 Å². The first kappa shape index (κ1) is 19.7. The summed E-state index contributed by atoms with van der Waals surface area (Å²) in [4.78, 5) is 18.3. The van der Waals surface area contributed by atoms with E-state index in [0.717, 1.165) is 43.3 Å². The third-order valence-electron chi connectivity index (χ3n) is 5.06. The first-order valence-corrected chi connectivity index (χ1v) is 9.66. The highest BCUT2D eigenvalue weighted by molar-refractivity contribution is 5.92. The van der Waals surface area contributed by atoms with E-state index in [2.05, 4.69) is 29.3 Å². The molecule has 0 aliphatic carbocycles. The van der Waals surface area contributed by atoms with E-state index in [1.807, 2.05) is 24.3 Å². The zero-order valence-corrected chi connectivity index (χ0v) is 16.5. The fourth-order valence-corrected chi connectivity index (χ4v) is 3.47. The zero-order valence-electron chi connectivity index (χ0n) is 16.5. The van der Waals surface area contributed by atoms with E-state index in [-0.39, 0.29) is 0 Å². The summed E-state index contributed by atoms with van der Waals surface area (Å²) in [6.45, 7) is 5.38. The minimum atomic E-state index is -0.412. The molecule has 2 aromatic rings. The minimum Gasteiger partial charge on any atom is -0.497 e. The summed E-state index contributed by atoms with van der Waals surface area (Å²) in [7, 11) is 1.69. The number of hydrogen-bond acceptors (Lipinski definition) is 3. The number of ether oxygens (including phenoxy) is 1. The third kappa shape index (κ3) is 4.82. The lowest BCUT2D eigenvalue weighted by Crippen LogP contribution is -2.40. The molecule has 2 aromatic carbocycles. The molecule has 0 saturated carbocycles. The van der Waals surface area contributed by atoms with Gasteiger partial charge in [0.05, 0.1) is 13.7 Å². The van der Waals surface area contributed by atoms with E-state index in [1.165, 1.54) is 5.56 Å². The highest BCUT2D eigenvalue weighted by Gasteiger charge is 2.26. The summed E-state index contributed by atoms with van der Waals surface area (Å²) in [6.07, 6.45) is 1.10. The molecule has 1 aliphatic rings. The Morgan fingerprint density at radius 1 is 1.21 bits per heavy atom. The molecule has 0 bridgehead atoms. The number of guanidine groups is 1. The molecule has 6 nitrogen and oxygen atoms in total. The van der Waals surface area contributed by atoms with Crippen molar-refractivity contribution in [1.29, 1.82) is 0 Å². The second kappa shape index (κ2) is 9.26. The van der Waals surface area contributed by atoms with Gasteiger partial charge in [-0.15, -0.1) is 0 Å². The van der Waals surface area contributed by atoms with Gasteiger partial charge in [-0.2, -0.15) is 0 Å². The number of benzene rings is 2. The van der Waals surface area contributed by atoms with Gasteiger partial charge in [-0.3, -0.25) is 4.79 Å². The number of likely N-dealkylation sites (tertiary alicyclic amines) is 1. The van der Waals surface area contributed by atoms with Gasteiger partial charge in [-0.1, -0.05) is 24.3 Å². The van der Waals surface area contributed by atoms with E-state index in [9.17, 15) is 4.79 Å². The van der Waals surface area contributed by atoms with Crippen LogP contribution in [0.25, 0.3) is 0 Å². The van der Waals surface area contributed by atoms with E-state index >= 15 is 0 Å². The van der Waals surface area contributed by atoms with Crippen molar-refractivity contribution >= 4 is 11.9 Å². The Balaban J connectivity index is 1.66. The van der Waals surface area contributed by atoms with Crippen molar-refractivity contribution in [1.82, 2.24) is 10.2 Å². The van der Waals surface area contributed by atoms with Crippen LogP contribution in [-0.4, -0.2) is 43.5 Å². The second-order valence-corrected chi connectivity index (χ2v) is 6.94. The lowest BCUT2D eigenvalue weighted by molar-refractivity contribution is 0.100. The number of amides is 1. The molecule has 148 valence electrons. The molecule has 6 heteroatoms. The summed E-state index contributed by atoms with van der Waals surface area (Å²) < 4.78 is 5.25. The van der Waals surface area contributed by atoms with E-state index in [1.54, 1.807) is 19.2 Å². The number of hydrogen-bond donors (Lipinski definition) is 2. The summed E-state index contributed by atoms with van der Waals surface area (Å²) in [5.41, 5.74) is 8.19. The van der Waals surface area contributed by atoms with Crippen molar-refractivity contribution in [2.75, 3.05) is 26.7 Å². The van der Waals surface area contributed by atoms with Crippen LogP contribution in [0.15, 0.2) is 53.5 Å². The molecule has 1 saturated heterocycles. The van der Waals surface area contributed by atoms with Crippen molar-refractivity contribution in [2.45, 2.75) is 25.8 Å². The topological polar surface area (TPSA) is 79.9 Å². The second-order valence-electron chi connectivity index (χ2n) is 6.94. The third-order valence-corrected chi connectivity index (χ3v) is 5.06. The van der Waals surface area contributed by atoms with Crippen LogP contribution in [0.1, 0.15) is 40.7 Å². The quantitative estimate of drug-likeness (QED) is 0.597. The van der Waals surface area contributed by atoms with Crippen molar-refractivity contribution in [3.05, 3.63) is 65.2 Å². The lowest BCUT2D eigenvalue weighted by Gasteiger charge is -2.22. The van der Waals surface area contributed by atoms with Gasteiger partial charge in [0.2, 0.25) is 5.91 Å². The maximum absolute atomic E-state index is 11.2. The number of primary amides is 1. The van der Waals surface area contributed by atoms with Crippen LogP contribution in [-0.2, 0) is 6.54 Å². The Bertz CT molecular complexity index is 815. The maximum atomic E-state index is 11.2. The smallest absolute Gasteiger partial charge is 0.248 e. The molecule has 0 spiro atoms. The molecule has 1 fully saturated rings. The van der Waals surface area contributed by atoms with Gasteiger partial charge in [0.25, 0.3) is 0 Å². The fourth-order valence-electron chi connectivity index (χ4n) is 3.47. The normalized spacial score (nSPS) is 16.9. The van der Waals surface area contributed by atoms with Crippen LogP contribution < -0.4 is 15.8 Å². The monoisotopic (exact) mass is 380 g/mol. The number of aliphatic imine (C=N–C) groups is 1. The van der Waals surface area contributed by atoms with Crippen LogP contribution in [0, 0.1) is 0 Å². The minimum absolute atomic E-state index is 0.412. The lowest BCUT2D eigenvalue weighted by atomic mass is 9.98. The van der Waals surface area contributed by atoms with Crippen LogP contribution in [0.4, 0.5) is 0 Å². The summed E-state index contributed by atoms with van der Waals surface area (Å²) in [6, 6.07) is 15.6. The van der Waals surface area contributed by atoms with E-state index in [4.69, 9.17) is 15.5 Å². The summed E-state index contributed by atoms with van der Waals surface area (Å²) >= 11 is 0. The van der Waals surface area contributed by atoms with Crippen LogP contribution in [0.2, 0.25) is 0 Å². The van der Waals surface area contributed by atoms with Gasteiger partial charge in [0, 0.05) is 31.1 Å². The Morgan fingerprint density at radius 2 is 1.93 bits per heavy atom. The first-order valence-electron chi connectivity index (χ1n) is 9.66. The standard InChI is InChI=1S/C22H28N4O2/c1-3-24-22(25-14-16-4-6-18(7-5-16)21(23)27)26-13-12-19(15-26)17-8-10-20(28-2)11-9-17/h4-11,19H,3,12-15H2,1-2H3,(H2,23,27)(H,24,25). The van der Waals surface area contributed by atoms with E-state index < -0.39 is 5.91 Å². The molecule has 1 aliphatic heterocycles. The predicted octanol–water partition coefficient (Wildman–Crippen LogP) is 2.75. The number of carbonyl (C=O) groups is 1. The molecule has 3 N–H and O–H groups in total. The van der Waals surface area contributed by atoms with Crippen molar-refractivity contribution in [3.8, 4) is 5.75 Å². The van der Waals surface area contributed by atoms with Gasteiger partial charge in [-0.25, -0.2) is 4.99 Å². The number of rotatable bonds is 6. The average Bonchev–Trinajstić information content (AvgIpc) is 3.21. The molecule has 3 rings (SSSR count). The Morgan fingerprint density at radius 3 is 2.54 bits per heavy atom. The average molecular weight is 380 g/mol. The Labute approximate surface area is 166 Å². The van der Waals surface area contributed by atoms with Crippen molar-refractivity contribution in [2.24, 2.45) is 10.7 Å². The van der Waals surface area contributed by atoms with Crippen molar-refractivity contribution < 1.29 is 9.53 Å². The molecule has 1 amide bonds. The fraction of sp³-hybridized carbons (Fsp3) is 0.364. The molecular formula is C22H28N4O2. The van der Waals surface area contributed by atoms with Gasteiger partial charge < -0.3 is 20.7 Å². The Kier molecular flexibility index (Phi) is 6.53. The molecule has 0 radical (unpaired) electrons. The molecule has 1 atom stereocenters. The number of carbonyl (C=O) groups excluding carboxylic acids is 1. The summed E-state index contributed by atoms with van der Waals surface area (Å²) in [5.74, 6) is 1.89. The predicted molar refractivity (Wildman–Crippen MR) is 112 cm³/mol. The number of nitrogens with two attached hydrogens (primary N) is 1. The van der Waals surface area contributed by atoms with Gasteiger partial charge in [0.15, 0.2) is 5.96 Å². The Hall–Kier alpha value is -3.02. The maximum Gasteiger partial charge on any atom is 0.248 e. The zero-order chi connectivity index (χ0) is 19.9. The van der Waals surface area contributed by atoms with Gasteiger partial charge in [-0.05, 0) is 48.7 Å².